The van der Waals surface area contributed by atoms with Crippen molar-refractivity contribution in [2.75, 3.05) is 18.0 Å². The molecule has 1 aliphatic heterocycles. The molecular weight excluding hydrogens is 302 g/mol. The highest BCUT2D eigenvalue weighted by atomic mass is 16.2. The zero-order valence-corrected chi connectivity index (χ0v) is 13.8. The van der Waals surface area contributed by atoms with Gasteiger partial charge in [-0.3, -0.25) is 14.6 Å². The maximum Gasteiger partial charge on any atom is 0.246 e. The number of para-hydroxylation sites is 1. The van der Waals surface area contributed by atoms with Crippen LogP contribution in [0.3, 0.4) is 0 Å². The molecule has 1 aromatic heterocycles. The second-order valence-corrected chi connectivity index (χ2v) is 6.01. The number of aryl methyl sites for hydroxylation is 1. The fourth-order valence-electron chi connectivity index (χ4n) is 3.03. The Morgan fingerprint density at radius 3 is 2.79 bits per heavy atom. The van der Waals surface area contributed by atoms with Crippen LogP contribution in [-0.4, -0.2) is 34.8 Å². The highest BCUT2D eigenvalue weighted by Crippen LogP contribution is 2.26. The van der Waals surface area contributed by atoms with Crippen molar-refractivity contribution in [2.45, 2.75) is 26.3 Å². The number of rotatable bonds is 4. The third-order valence-corrected chi connectivity index (χ3v) is 4.28. The molecule has 1 aliphatic rings. The quantitative estimate of drug-likeness (QED) is 0.868. The zero-order chi connectivity index (χ0) is 16.9. The van der Waals surface area contributed by atoms with E-state index < -0.39 is 0 Å². The summed E-state index contributed by atoms with van der Waals surface area (Å²) in [6.45, 7) is 2.67. The van der Waals surface area contributed by atoms with Gasteiger partial charge in [0, 0.05) is 38.1 Å². The van der Waals surface area contributed by atoms with Crippen LogP contribution in [0.5, 0.6) is 0 Å². The van der Waals surface area contributed by atoms with E-state index in [9.17, 15) is 9.59 Å². The Morgan fingerprint density at radius 1 is 1.21 bits per heavy atom. The molecule has 0 fully saturated rings. The van der Waals surface area contributed by atoms with E-state index in [2.05, 4.69) is 11.1 Å². The Kier molecular flexibility index (Phi) is 4.89. The number of benzene rings is 1. The summed E-state index contributed by atoms with van der Waals surface area (Å²) in [6, 6.07) is 11.7. The number of amides is 2. The average Bonchev–Trinajstić information content (AvgIpc) is 2.61. The molecule has 0 atom stereocenters. The molecule has 0 N–H and O–H groups in total. The van der Waals surface area contributed by atoms with Crippen LogP contribution in [-0.2, 0) is 22.6 Å². The van der Waals surface area contributed by atoms with Crippen LogP contribution in [0.2, 0.25) is 0 Å². The van der Waals surface area contributed by atoms with Crippen molar-refractivity contribution in [2.24, 2.45) is 0 Å². The number of hydrogen-bond acceptors (Lipinski definition) is 3. The topological polar surface area (TPSA) is 53.5 Å². The summed E-state index contributed by atoms with van der Waals surface area (Å²) >= 11 is 0. The summed E-state index contributed by atoms with van der Waals surface area (Å²) in [5, 5.41) is 0. The first-order chi connectivity index (χ1) is 11.6. The monoisotopic (exact) mass is 323 g/mol. The van der Waals surface area contributed by atoms with Crippen LogP contribution < -0.4 is 4.90 Å². The molecule has 1 aromatic carbocycles. The summed E-state index contributed by atoms with van der Waals surface area (Å²) in [4.78, 5) is 32.2. The third kappa shape index (κ3) is 3.62. The number of carbonyl (C=O) groups is 2. The summed E-state index contributed by atoms with van der Waals surface area (Å²) in [7, 11) is 0. The molecule has 124 valence electrons. The van der Waals surface area contributed by atoms with Crippen molar-refractivity contribution in [3.05, 3.63) is 59.9 Å². The Bertz CT molecular complexity index is 730. The van der Waals surface area contributed by atoms with E-state index in [-0.39, 0.29) is 18.4 Å². The summed E-state index contributed by atoms with van der Waals surface area (Å²) in [6.07, 6.45) is 5.35. The van der Waals surface area contributed by atoms with E-state index in [0.29, 0.717) is 13.1 Å². The summed E-state index contributed by atoms with van der Waals surface area (Å²) < 4.78 is 0. The van der Waals surface area contributed by atoms with Gasteiger partial charge in [0.1, 0.15) is 6.54 Å². The number of aromatic nitrogens is 1. The summed E-state index contributed by atoms with van der Waals surface area (Å²) in [5.74, 6) is -0.154. The Hall–Kier alpha value is -2.69. The predicted molar refractivity (Wildman–Crippen MR) is 92.4 cm³/mol. The molecule has 5 heteroatoms. The van der Waals surface area contributed by atoms with Gasteiger partial charge in [-0.2, -0.15) is 0 Å². The maximum absolute atomic E-state index is 12.8. The van der Waals surface area contributed by atoms with Crippen LogP contribution in [0.25, 0.3) is 0 Å². The molecule has 0 unspecified atom stereocenters. The van der Waals surface area contributed by atoms with Gasteiger partial charge in [-0.25, -0.2) is 0 Å². The number of hydrogen-bond donors (Lipinski definition) is 0. The Balaban J connectivity index is 1.74. The van der Waals surface area contributed by atoms with Gasteiger partial charge in [-0.1, -0.05) is 24.3 Å². The van der Waals surface area contributed by atoms with E-state index >= 15 is 0 Å². The lowest BCUT2D eigenvalue weighted by molar-refractivity contribution is -0.134. The third-order valence-electron chi connectivity index (χ3n) is 4.28. The molecule has 5 nitrogen and oxygen atoms in total. The fraction of sp³-hybridized carbons (Fsp3) is 0.316. The van der Waals surface area contributed by atoms with Gasteiger partial charge in [0.15, 0.2) is 0 Å². The molecule has 0 spiro atoms. The highest BCUT2D eigenvalue weighted by Gasteiger charge is 2.24. The largest absolute Gasteiger partial charge is 0.329 e. The summed E-state index contributed by atoms with van der Waals surface area (Å²) in [5.41, 5.74) is 3.08. The molecule has 24 heavy (non-hydrogen) atoms. The number of nitrogens with zero attached hydrogens (tertiary/aromatic N) is 3. The molecule has 0 bridgehead atoms. The van der Waals surface area contributed by atoms with Crippen molar-refractivity contribution < 1.29 is 9.59 Å². The van der Waals surface area contributed by atoms with Gasteiger partial charge in [0.25, 0.3) is 0 Å². The SMILES string of the molecule is CC(=O)N(CC(=O)N1CCCc2ccccc21)Cc1cccnc1. The van der Waals surface area contributed by atoms with Gasteiger partial charge < -0.3 is 9.80 Å². The normalized spacial score (nSPS) is 13.3. The van der Waals surface area contributed by atoms with Gasteiger partial charge in [0.05, 0.1) is 0 Å². The van der Waals surface area contributed by atoms with Gasteiger partial charge in [-0.15, -0.1) is 0 Å². The number of anilines is 1. The zero-order valence-electron chi connectivity index (χ0n) is 13.8. The van der Waals surface area contributed by atoms with Gasteiger partial charge >= 0.3 is 0 Å². The number of fused-ring (bicyclic) bond motifs is 1. The van der Waals surface area contributed by atoms with Crippen molar-refractivity contribution in [3.8, 4) is 0 Å². The van der Waals surface area contributed by atoms with Crippen molar-refractivity contribution in [1.82, 2.24) is 9.88 Å². The highest BCUT2D eigenvalue weighted by molar-refractivity contribution is 5.97. The first kappa shape index (κ1) is 16.2. The molecule has 3 rings (SSSR count). The van der Waals surface area contributed by atoms with E-state index in [1.807, 2.05) is 30.3 Å². The standard InChI is InChI=1S/C19H21N3O2/c1-15(23)21(13-16-6-4-10-20-12-16)14-19(24)22-11-5-8-17-7-2-3-9-18(17)22/h2-4,6-7,9-10,12H,5,8,11,13-14H2,1H3. The van der Waals surface area contributed by atoms with Crippen LogP contribution in [0.4, 0.5) is 5.69 Å². The Morgan fingerprint density at radius 2 is 2.04 bits per heavy atom. The van der Waals surface area contributed by atoms with E-state index in [4.69, 9.17) is 0 Å². The molecule has 2 amide bonds. The van der Waals surface area contributed by atoms with Gasteiger partial charge in [0.2, 0.25) is 11.8 Å². The van der Waals surface area contributed by atoms with Crippen LogP contribution in [0.1, 0.15) is 24.5 Å². The number of pyridine rings is 1. The van der Waals surface area contributed by atoms with Crippen molar-refractivity contribution in [3.63, 3.8) is 0 Å². The molecule has 0 saturated heterocycles. The van der Waals surface area contributed by atoms with Crippen LogP contribution >= 0.6 is 0 Å². The minimum Gasteiger partial charge on any atom is -0.329 e. The molecule has 0 aliphatic carbocycles. The molecule has 2 heterocycles. The van der Waals surface area contributed by atoms with Crippen molar-refractivity contribution in [1.29, 1.82) is 0 Å². The Labute approximate surface area is 141 Å². The van der Waals surface area contributed by atoms with E-state index in [0.717, 1.165) is 24.1 Å². The molecular formula is C19H21N3O2. The minimum absolute atomic E-state index is 0.0405. The van der Waals surface area contributed by atoms with Crippen LogP contribution in [0, 0.1) is 0 Å². The average molecular weight is 323 g/mol. The molecule has 0 saturated carbocycles. The minimum atomic E-state index is -0.113. The lowest BCUT2D eigenvalue weighted by Gasteiger charge is -2.31. The van der Waals surface area contributed by atoms with E-state index in [1.54, 1.807) is 22.2 Å². The second-order valence-electron chi connectivity index (χ2n) is 6.01. The molecule has 2 aromatic rings. The lowest BCUT2D eigenvalue weighted by Crippen LogP contribution is -2.44. The fourth-order valence-corrected chi connectivity index (χ4v) is 3.03. The maximum atomic E-state index is 12.8. The van der Waals surface area contributed by atoms with E-state index in [1.165, 1.54) is 12.5 Å². The van der Waals surface area contributed by atoms with Crippen molar-refractivity contribution >= 4 is 17.5 Å². The first-order valence-electron chi connectivity index (χ1n) is 8.18. The predicted octanol–water partition coefficient (Wildman–Crippen LogP) is 2.41. The smallest absolute Gasteiger partial charge is 0.246 e. The van der Waals surface area contributed by atoms with Gasteiger partial charge in [-0.05, 0) is 36.1 Å². The van der Waals surface area contributed by atoms with Crippen LogP contribution in [0.15, 0.2) is 48.8 Å². The lowest BCUT2D eigenvalue weighted by atomic mass is 10.0. The second kappa shape index (κ2) is 7.25. The molecule has 0 radical (unpaired) electrons. The first-order valence-corrected chi connectivity index (χ1v) is 8.18. The number of carbonyl (C=O) groups excluding carboxylic acids is 2.